The van der Waals surface area contributed by atoms with Crippen LogP contribution >= 0.6 is 0 Å². The van der Waals surface area contributed by atoms with Crippen LogP contribution in [0, 0.1) is 0 Å². The van der Waals surface area contributed by atoms with E-state index in [4.69, 9.17) is 5.73 Å². The minimum atomic E-state index is -0.717. The summed E-state index contributed by atoms with van der Waals surface area (Å²) in [6.07, 6.45) is 1.68. The van der Waals surface area contributed by atoms with E-state index in [0.29, 0.717) is 11.5 Å². The van der Waals surface area contributed by atoms with E-state index in [-0.39, 0.29) is 18.2 Å². The number of nitrogen functional groups attached to an aromatic ring is 1. The molecule has 1 saturated heterocycles. The zero-order valence-corrected chi connectivity index (χ0v) is 13.4. The molecular formula is C19H16N4O2. The number of nitrogens with two attached hydrogens (primary N) is 1. The SMILES string of the molecule is Nc1c(-c2ccccc2)cnn1C1CC(=O)N(c2ccccc2)C1=O. The number of amides is 2. The number of nitrogens with zero attached hydrogens (tertiary/aromatic N) is 3. The van der Waals surface area contributed by atoms with Crippen molar-refractivity contribution in [2.75, 3.05) is 10.6 Å². The van der Waals surface area contributed by atoms with Crippen LogP contribution in [0.5, 0.6) is 0 Å². The summed E-state index contributed by atoms with van der Waals surface area (Å²) in [7, 11) is 0. The molecule has 0 saturated carbocycles. The van der Waals surface area contributed by atoms with Crippen molar-refractivity contribution in [2.24, 2.45) is 0 Å². The summed E-state index contributed by atoms with van der Waals surface area (Å²) in [4.78, 5) is 26.4. The number of carbonyl (C=O) groups is 2. The number of rotatable bonds is 3. The standard InChI is InChI=1S/C19H16N4O2/c20-18-15(13-7-3-1-4-8-13)12-21-23(18)16-11-17(24)22(19(16)25)14-9-5-2-6-10-14/h1-10,12,16H,11,20H2. The highest BCUT2D eigenvalue weighted by molar-refractivity contribution is 6.21. The first-order chi connectivity index (χ1) is 12.2. The molecule has 6 heteroatoms. The molecule has 6 nitrogen and oxygen atoms in total. The fourth-order valence-electron chi connectivity index (χ4n) is 3.12. The van der Waals surface area contributed by atoms with Gasteiger partial charge in [-0.25, -0.2) is 9.58 Å². The van der Waals surface area contributed by atoms with Gasteiger partial charge in [-0.3, -0.25) is 9.59 Å². The molecule has 2 N–H and O–H groups in total. The van der Waals surface area contributed by atoms with Gasteiger partial charge in [-0.2, -0.15) is 5.10 Å². The Bertz CT molecular complexity index is 935. The summed E-state index contributed by atoms with van der Waals surface area (Å²) in [5.74, 6) is -0.185. The van der Waals surface area contributed by atoms with Gasteiger partial charge in [0.25, 0.3) is 5.91 Å². The van der Waals surface area contributed by atoms with Gasteiger partial charge in [-0.15, -0.1) is 0 Å². The van der Waals surface area contributed by atoms with Crippen LogP contribution in [0.3, 0.4) is 0 Å². The Balaban J connectivity index is 1.69. The number of hydrogen-bond donors (Lipinski definition) is 1. The van der Waals surface area contributed by atoms with E-state index in [1.54, 1.807) is 30.5 Å². The van der Waals surface area contributed by atoms with Gasteiger partial charge < -0.3 is 5.73 Å². The number of para-hydroxylation sites is 1. The molecule has 25 heavy (non-hydrogen) atoms. The molecule has 2 amide bonds. The minimum Gasteiger partial charge on any atom is -0.383 e. The number of imide groups is 1. The lowest BCUT2D eigenvalue weighted by atomic mass is 10.1. The molecule has 3 aromatic rings. The number of hydrogen-bond acceptors (Lipinski definition) is 4. The van der Waals surface area contributed by atoms with Crippen LogP contribution in [0.15, 0.2) is 66.9 Å². The number of aromatic nitrogens is 2. The molecule has 4 rings (SSSR count). The van der Waals surface area contributed by atoms with Crippen LogP contribution in [0.2, 0.25) is 0 Å². The van der Waals surface area contributed by atoms with Crippen LogP contribution in [0.25, 0.3) is 11.1 Å². The molecule has 1 aliphatic heterocycles. The van der Waals surface area contributed by atoms with Crippen LogP contribution in [0.1, 0.15) is 12.5 Å². The lowest BCUT2D eigenvalue weighted by Gasteiger charge is -2.15. The van der Waals surface area contributed by atoms with E-state index in [1.165, 1.54) is 9.58 Å². The molecule has 0 bridgehead atoms. The van der Waals surface area contributed by atoms with Gasteiger partial charge in [0.05, 0.1) is 18.3 Å². The molecular weight excluding hydrogens is 316 g/mol. The molecule has 0 radical (unpaired) electrons. The summed E-state index contributed by atoms with van der Waals surface area (Å²) in [6, 6.07) is 17.8. The number of carbonyl (C=O) groups excluding carboxylic acids is 2. The van der Waals surface area contributed by atoms with Gasteiger partial charge in [0, 0.05) is 5.56 Å². The molecule has 1 aromatic heterocycles. The maximum absolute atomic E-state index is 12.8. The van der Waals surface area contributed by atoms with Crippen molar-refractivity contribution in [1.82, 2.24) is 9.78 Å². The van der Waals surface area contributed by atoms with Crippen molar-refractivity contribution in [3.8, 4) is 11.1 Å². The van der Waals surface area contributed by atoms with Gasteiger partial charge >= 0.3 is 0 Å². The van der Waals surface area contributed by atoms with Crippen molar-refractivity contribution in [3.05, 3.63) is 66.9 Å². The van der Waals surface area contributed by atoms with E-state index < -0.39 is 6.04 Å². The van der Waals surface area contributed by atoms with E-state index >= 15 is 0 Å². The Morgan fingerprint density at radius 3 is 2.28 bits per heavy atom. The maximum Gasteiger partial charge on any atom is 0.259 e. The van der Waals surface area contributed by atoms with Crippen molar-refractivity contribution >= 4 is 23.3 Å². The van der Waals surface area contributed by atoms with Crippen LogP contribution < -0.4 is 10.6 Å². The molecule has 1 atom stereocenters. The van der Waals surface area contributed by atoms with Crippen molar-refractivity contribution in [2.45, 2.75) is 12.5 Å². The average molecular weight is 332 g/mol. The zero-order chi connectivity index (χ0) is 17.4. The highest BCUT2D eigenvalue weighted by atomic mass is 16.2. The lowest BCUT2D eigenvalue weighted by Crippen LogP contribution is -2.31. The third-order valence-corrected chi connectivity index (χ3v) is 4.35. The van der Waals surface area contributed by atoms with Crippen molar-refractivity contribution in [1.29, 1.82) is 0 Å². The second-order valence-corrected chi connectivity index (χ2v) is 5.88. The monoisotopic (exact) mass is 332 g/mol. The second kappa shape index (κ2) is 5.90. The second-order valence-electron chi connectivity index (χ2n) is 5.88. The summed E-state index contributed by atoms with van der Waals surface area (Å²) in [5, 5.41) is 4.28. The minimum absolute atomic E-state index is 0.0494. The molecule has 0 aliphatic carbocycles. The van der Waals surface area contributed by atoms with Gasteiger partial charge in [-0.05, 0) is 17.7 Å². The summed E-state index contributed by atoms with van der Waals surface area (Å²) >= 11 is 0. The molecule has 2 heterocycles. The molecule has 1 aliphatic rings. The Labute approximate surface area is 144 Å². The largest absolute Gasteiger partial charge is 0.383 e. The first kappa shape index (κ1) is 15.1. The summed E-state index contributed by atoms with van der Waals surface area (Å²) in [5.41, 5.74) is 8.46. The van der Waals surface area contributed by atoms with E-state index in [9.17, 15) is 9.59 Å². The van der Waals surface area contributed by atoms with Gasteiger partial charge in [0.15, 0.2) is 0 Å². The predicted molar refractivity (Wildman–Crippen MR) is 94.7 cm³/mol. The third-order valence-electron chi connectivity index (χ3n) is 4.35. The van der Waals surface area contributed by atoms with Gasteiger partial charge in [-0.1, -0.05) is 48.5 Å². The summed E-state index contributed by atoms with van der Waals surface area (Å²) < 4.78 is 1.45. The van der Waals surface area contributed by atoms with Gasteiger partial charge in [0.1, 0.15) is 11.9 Å². The quantitative estimate of drug-likeness (QED) is 0.748. The summed E-state index contributed by atoms with van der Waals surface area (Å²) in [6.45, 7) is 0. The molecule has 2 aromatic carbocycles. The number of benzene rings is 2. The molecule has 1 unspecified atom stereocenters. The fourth-order valence-corrected chi connectivity index (χ4v) is 3.12. The van der Waals surface area contributed by atoms with E-state index in [1.807, 2.05) is 36.4 Å². The van der Waals surface area contributed by atoms with Crippen LogP contribution in [0.4, 0.5) is 11.5 Å². The zero-order valence-electron chi connectivity index (χ0n) is 13.4. The first-order valence-corrected chi connectivity index (χ1v) is 7.97. The Hall–Kier alpha value is -3.41. The normalized spacial score (nSPS) is 17.3. The Morgan fingerprint density at radius 2 is 1.60 bits per heavy atom. The Morgan fingerprint density at radius 1 is 0.960 bits per heavy atom. The lowest BCUT2D eigenvalue weighted by molar-refractivity contribution is -0.122. The third kappa shape index (κ3) is 2.48. The highest BCUT2D eigenvalue weighted by Gasteiger charge is 2.42. The van der Waals surface area contributed by atoms with Crippen molar-refractivity contribution < 1.29 is 9.59 Å². The highest BCUT2D eigenvalue weighted by Crippen LogP contribution is 2.33. The fraction of sp³-hybridized carbons (Fsp3) is 0.105. The smallest absolute Gasteiger partial charge is 0.259 e. The molecule has 124 valence electrons. The van der Waals surface area contributed by atoms with E-state index in [2.05, 4.69) is 5.10 Å². The molecule has 1 fully saturated rings. The first-order valence-electron chi connectivity index (χ1n) is 7.97. The average Bonchev–Trinajstić information content (AvgIpc) is 3.16. The number of anilines is 2. The maximum atomic E-state index is 12.8. The van der Waals surface area contributed by atoms with Crippen LogP contribution in [-0.4, -0.2) is 21.6 Å². The van der Waals surface area contributed by atoms with Crippen molar-refractivity contribution in [3.63, 3.8) is 0 Å². The van der Waals surface area contributed by atoms with Crippen LogP contribution in [-0.2, 0) is 9.59 Å². The topological polar surface area (TPSA) is 81.2 Å². The Kier molecular flexibility index (Phi) is 3.57. The van der Waals surface area contributed by atoms with Gasteiger partial charge in [0.2, 0.25) is 5.91 Å². The molecule has 0 spiro atoms. The predicted octanol–water partition coefficient (Wildman–Crippen LogP) is 2.64. The van der Waals surface area contributed by atoms with E-state index in [0.717, 1.165) is 11.1 Å².